The molecule has 5 nitrogen and oxygen atoms in total. The van der Waals surface area contributed by atoms with Crippen molar-refractivity contribution in [3.8, 4) is 0 Å². The molecule has 0 spiro atoms. The lowest BCUT2D eigenvalue weighted by Crippen LogP contribution is -2.50. The quantitative estimate of drug-likeness (QED) is 0.901. The van der Waals surface area contributed by atoms with Crippen molar-refractivity contribution in [3.05, 3.63) is 29.6 Å². The highest BCUT2D eigenvalue weighted by Gasteiger charge is 2.33. The van der Waals surface area contributed by atoms with Crippen LogP contribution in [0.3, 0.4) is 0 Å². The van der Waals surface area contributed by atoms with Gasteiger partial charge in [0.05, 0.1) is 23.7 Å². The maximum Gasteiger partial charge on any atom is 0.243 e. The first kappa shape index (κ1) is 15.4. The highest BCUT2D eigenvalue weighted by Crippen LogP contribution is 2.22. The zero-order valence-corrected chi connectivity index (χ0v) is 12.2. The Morgan fingerprint density at radius 2 is 2.15 bits per heavy atom. The Kier molecular flexibility index (Phi) is 4.43. The summed E-state index contributed by atoms with van der Waals surface area (Å²) in [6.07, 6.45) is -0.866. The van der Waals surface area contributed by atoms with Gasteiger partial charge in [-0.25, -0.2) is 12.8 Å². The fourth-order valence-electron chi connectivity index (χ4n) is 2.18. The Morgan fingerprint density at radius 1 is 1.45 bits per heavy atom. The summed E-state index contributed by atoms with van der Waals surface area (Å²) in [7, 11) is -3.78. The molecule has 1 heterocycles. The molecule has 1 N–H and O–H groups in total. The monoisotopic (exact) mass is 303 g/mol. The van der Waals surface area contributed by atoms with Gasteiger partial charge < -0.3 is 9.84 Å². The highest BCUT2D eigenvalue weighted by molar-refractivity contribution is 7.89. The minimum Gasteiger partial charge on any atom is -0.394 e. The van der Waals surface area contributed by atoms with Crippen molar-refractivity contribution in [3.63, 3.8) is 0 Å². The lowest BCUT2D eigenvalue weighted by molar-refractivity contribution is -0.0750. The van der Waals surface area contributed by atoms with E-state index >= 15 is 0 Å². The molecule has 2 rings (SSSR count). The molecule has 0 aromatic heterocycles. The summed E-state index contributed by atoms with van der Waals surface area (Å²) in [5, 5.41) is 9.14. The third-order valence-electron chi connectivity index (χ3n) is 3.28. The molecule has 1 saturated heterocycles. The maximum atomic E-state index is 13.5. The third kappa shape index (κ3) is 3.01. The first-order valence-electron chi connectivity index (χ1n) is 6.37. The fraction of sp³-hybridized carbons (Fsp3) is 0.538. The van der Waals surface area contributed by atoms with E-state index in [0.717, 1.165) is 6.07 Å². The molecule has 0 radical (unpaired) electrons. The van der Waals surface area contributed by atoms with Crippen LogP contribution in [0.4, 0.5) is 4.39 Å². The number of hydrogen-bond donors (Lipinski definition) is 1. The minimum absolute atomic E-state index is 0.0681. The van der Waals surface area contributed by atoms with Crippen molar-refractivity contribution in [2.45, 2.75) is 31.0 Å². The summed E-state index contributed by atoms with van der Waals surface area (Å²) in [5.74, 6) is -0.550. The second-order valence-electron chi connectivity index (χ2n) is 4.98. The van der Waals surface area contributed by atoms with Gasteiger partial charge in [-0.1, -0.05) is 6.07 Å². The topological polar surface area (TPSA) is 66.8 Å². The van der Waals surface area contributed by atoms with Crippen LogP contribution in [0.5, 0.6) is 0 Å². The summed E-state index contributed by atoms with van der Waals surface area (Å²) < 4.78 is 45.1. The molecule has 7 heteroatoms. The van der Waals surface area contributed by atoms with Gasteiger partial charge in [0.2, 0.25) is 10.0 Å². The molecule has 1 aliphatic heterocycles. The lowest BCUT2D eigenvalue weighted by atomic mass is 10.2. The van der Waals surface area contributed by atoms with Crippen molar-refractivity contribution in [2.24, 2.45) is 0 Å². The van der Waals surface area contributed by atoms with Crippen molar-refractivity contribution >= 4 is 10.0 Å². The van der Waals surface area contributed by atoms with Crippen LogP contribution in [0.15, 0.2) is 23.1 Å². The molecule has 0 bridgehead atoms. The van der Waals surface area contributed by atoms with Gasteiger partial charge in [0.15, 0.2) is 0 Å². The predicted octanol–water partition coefficient (Wildman–Crippen LogP) is 0.904. The summed E-state index contributed by atoms with van der Waals surface area (Å²) in [6.45, 7) is 3.32. The number of halogens is 1. The van der Waals surface area contributed by atoms with E-state index in [4.69, 9.17) is 9.84 Å². The Morgan fingerprint density at radius 3 is 2.75 bits per heavy atom. The van der Waals surface area contributed by atoms with Gasteiger partial charge in [0.1, 0.15) is 5.82 Å². The van der Waals surface area contributed by atoms with Crippen LogP contribution in [-0.4, -0.2) is 49.7 Å². The van der Waals surface area contributed by atoms with E-state index in [1.807, 2.05) is 0 Å². The molecule has 112 valence electrons. The van der Waals surface area contributed by atoms with E-state index in [0.29, 0.717) is 5.56 Å². The van der Waals surface area contributed by atoms with Crippen LogP contribution in [0.25, 0.3) is 0 Å². The van der Waals surface area contributed by atoms with Gasteiger partial charge in [-0.3, -0.25) is 0 Å². The summed E-state index contributed by atoms with van der Waals surface area (Å²) in [5.41, 5.74) is 0.396. The van der Waals surface area contributed by atoms with E-state index < -0.39 is 21.9 Å². The predicted molar refractivity (Wildman–Crippen MR) is 71.3 cm³/mol. The Balaban J connectivity index is 2.31. The van der Waals surface area contributed by atoms with Crippen molar-refractivity contribution in [1.82, 2.24) is 4.31 Å². The second kappa shape index (κ2) is 5.77. The molecular weight excluding hydrogens is 285 g/mol. The number of aliphatic hydroxyl groups is 1. The first-order valence-corrected chi connectivity index (χ1v) is 7.81. The lowest BCUT2D eigenvalue weighted by Gasteiger charge is -2.35. The minimum atomic E-state index is -3.78. The van der Waals surface area contributed by atoms with Crippen molar-refractivity contribution in [1.29, 1.82) is 0 Å². The van der Waals surface area contributed by atoms with Crippen LogP contribution < -0.4 is 0 Å². The van der Waals surface area contributed by atoms with Gasteiger partial charge >= 0.3 is 0 Å². The molecule has 0 amide bonds. The van der Waals surface area contributed by atoms with Gasteiger partial charge in [-0.05, 0) is 31.5 Å². The normalized spacial score (nSPS) is 24.8. The van der Waals surface area contributed by atoms with Crippen molar-refractivity contribution in [2.75, 3.05) is 19.7 Å². The van der Waals surface area contributed by atoms with Crippen LogP contribution in [0.1, 0.15) is 12.5 Å². The number of aryl methyl sites for hydroxylation is 1. The number of nitrogens with zero attached hydrogens (tertiary/aromatic N) is 1. The highest BCUT2D eigenvalue weighted by atomic mass is 32.2. The maximum absolute atomic E-state index is 13.5. The smallest absolute Gasteiger partial charge is 0.243 e. The van der Waals surface area contributed by atoms with Gasteiger partial charge in [0.25, 0.3) is 0 Å². The standard InChI is InChI=1S/C13H18FNO4S/c1-9-3-4-12(5-13(9)14)20(17,18)15-6-10(2)19-11(7-15)8-16/h3-5,10-11,16H,6-8H2,1-2H3. The van der Waals surface area contributed by atoms with Gasteiger partial charge in [0, 0.05) is 13.1 Å². The molecule has 1 aromatic carbocycles. The largest absolute Gasteiger partial charge is 0.394 e. The van der Waals surface area contributed by atoms with Crippen LogP contribution in [0.2, 0.25) is 0 Å². The van der Waals surface area contributed by atoms with E-state index in [-0.39, 0.29) is 30.7 Å². The number of rotatable bonds is 3. The summed E-state index contributed by atoms with van der Waals surface area (Å²) in [6, 6.07) is 3.86. The molecule has 1 fully saturated rings. The molecule has 20 heavy (non-hydrogen) atoms. The van der Waals surface area contributed by atoms with Crippen LogP contribution in [0, 0.1) is 12.7 Å². The van der Waals surface area contributed by atoms with Gasteiger partial charge in [-0.15, -0.1) is 0 Å². The molecule has 2 unspecified atom stereocenters. The Bertz CT molecular complexity index is 590. The molecular formula is C13H18FNO4S. The number of sulfonamides is 1. The molecule has 0 saturated carbocycles. The fourth-order valence-corrected chi connectivity index (χ4v) is 3.74. The average molecular weight is 303 g/mol. The Hall–Kier alpha value is -1.02. The second-order valence-corrected chi connectivity index (χ2v) is 6.92. The zero-order valence-electron chi connectivity index (χ0n) is 11.4. The Labute approximate surface area is 118 Å². The SMILES string of the molecule is Cc1ccc(S(=O)(=O)N2CC(C)OC(CO)C2)cc1F. The van der Waals surface area contributed by atoms with Crippen LogP contribution >= 0.6 is 0 Å². The molecule has 0 aliphatic carbocycles. The summed E-state index contributed by atoms with van der Waals surface area (Å²) in [4.78, 5) is -0.0774. The van der Waals surface area contributed by atoms with E-state index in [1.165, 1.54) is 16.4 Å². The summed E-state index contributed by atoms with van der Waals surface area (Å²) >= 11 is 0. The number of hydrogen-bond acceptors (Lipinski definition) is 4. The number of benzene rings is 1. The molecule has 1 aliphatic rings. The average Bonchev–Trinajstić information content (AvgIpc) is 2.41. The van der Waals surface area contributed by atoms with E-state index in [2.05, 4.69) is 0 Å². The van der Waals surface area contributed by atoms with E-state index in [1.54, 1.807) is 13.8 Å². The van der Waals surface area contributed by atoms with E-state index in [9.17, 15) is 12.8 Å². The first-order chi connectivity index (χ1) is 9.34. The number of aliphatic hydroxyl groups excluding tert-OH is 1. The van der Waals surface area contributed by atoms with Gasteiger partial charge in [-0.2, -0.15) is 4.31 Å². The number of morpholine rings is 1. The number of ether oxygens (including phenoxy) is 1. The molecule has 2 atom stereocenters. The zero-order chi connectivity index (χ0) is 14.9. The van der Waals surface area contributed by atoms with Crippen LogP contribution in [-0.2, 0) is 14.8 Å². The van der Waals surface area contributed by atoms with Crippen molar-refractivity contribution < 1.29 is 22.7 Å². The third-order valence-corrected chi connectivity index (χ3v) is 5.11. The molecule has 1 aromatic rings.